The van der Waals surface area contributed by atoms with Crippen LogP contribution in [0.1, 0.15) is 32.4 Å². The predicted octanol–water partition coefficient (Wildman–Crippen LogP) is 3.07. The Kier molecular flexibility index (Phi) is 7.73. The van der Waals surface area contributed by atoms with Crippen LogP contribution in [0.5, 0.6) is 0 Å². The molecule has 2 aromatic rings. The minimum Gasteiger partial charge on any atom is -0.378 e. The molecule has 0 radical (unpaired) electrons. The molecule has 10 heteroatoms. The fourth-order valence-corrected chi connectivity index (χ4v) is 5.43. The molecule has 1 aliphatic rings. The maximum absolute atomic E-state index is 12.6. The Morgan fingerprint density at radius 1 is 1.12 bits per heavy atom. The lowest BCUT2D eigenvalue weighted by molar-refractivity contribution is -0.384. The van der Waals surface area contributed by atoms with E-state index in [1.807, 2.05) is 18.2 Å². The minimum absolute atomic E-state index is 0.127. The van der Waals surface area contributed by atoms with Crippen LogP contribution in [0.4, 0.5) is 11.4 Å². The Morgan fingerprint density at radius 2 is 1.82 bits per heavy atom. The number of piperazine rings is 1. The molecule has 1 heterocycles. The van der Waals surface area contributed by atoms with Crippen molar-refractivity contribution in [2.24, 2.45) is 0 Å². The zero-order valence-corrected chi connectivity index (χ0v) is 20.4. The van der Waals surface area contributed by atoms with Gasteiger partial charge >= 0.3 is 0 Å². The van der Waals surface area contributed by atoms with Crippen molar-refractivity contribution in [2.45, 2.75) is 37.2 Å². The summed E-state index contributed by atoms with van der Waals surface area (Å²) in [6.07, 6.45) is 0. The van der Waals surface area contributed by atoms with Crippen LogP contribution in [0.15, 0.2) is 53.4 Å². The van der Waals surface area contributed by atoms with E-state index in [0.717, 1.165) is 25.7 Å². The average molecular weight is 476 g/mol. The van der Waals surface area contributed by atoms with E-state index in [4.69, 9.17) is 0 Å². The van der Waals surface area contributed by atoms with Gasteiger partial charge in [-0.2, -0.15) is 0 Å². The fourth-order valence-electron chi connectivity index (χ4n) is 3.99. The predicted molar refractivity (Wildman–Crippen MR) is 130 cm³/mol. The van der Waals surface area contributed by atoms with E-state index in [-0.39, 0.29) is 16.6 Å². The van der Waals surface area contributed by atoms with Crippen molar-refractivity contribution >= 4 is 21.4 Å². The number of hydrogen-bond donors (Lipinski definition) is 2. The first-order chi connectivity index (χ1) is 15.5. The van der Waals surface area contributed by atoms with Crippen molar-refractivity contribution in [3.05, 3.63) is 64.2 Å². The van der Waals surface area contributed by atoms with Gasteiger partial charge in [0.2, 0.25) is 10.0 Å². The van der Waals surface area contributed by atoms with Gasteiger partial charge < -0.3 is 10.2 Å². The number of nitrogens with one attached hydrogen (secondary N) is 2. The van der Waals surface area contributed by atoms with Gasteiger partial charge in [0.05, 0.1) is 9.82 Å². The summed E-state index contributed by atoms with van der Waals surface area (Å²) >= 11 is 0. The molecule has 0 spiro atoms. The average Bonchev–Trinajstić information content (AvgIpc) is 2.73. The molecule has 0 saturated carbocycles. The fraction of sp³-hybridized carbons (Fsp3) is 0.478. The number of anilines is 1. The lowest BCUT2D eigenvalue weighted by atomic mass is 10.0. The van der Waals surface area contributed by atoms with Gasteiger partial charge in [-0.05, 0) is 45.5 Å². The van der Waals surface area contributed by atoms with Gasteiger partial charge in [-0.1, -0.05) is 30.3 Å². The highest BCUT2D eigenvalue weighted by molar-refractivity contribution is 7.89. The third-order valence-corrected chi connectivity index (χ3v) is 7.27. The smallest absolute Gasteiger partial charge is 0.293 e. The monoisotopic (exact) mass is 475 g/mol. The quantitative estimate of drug-likeness (QED) is 0.446. The van der Waals surface area contributed by atoms with Crippen LogP contribution in [-0.2, 0) is 10.0 Å². The van der Waals surface area contributed by atoms with E-state index in [0.29, 0.717) is 18.8 Å². The second kappa shape index (κ2) is 10.2. The Balaban J connectivity index is 1.72. The third-order valence-electron chi connectivity index (χ3n) is 5.51. The van der Waals surface area contributed by atoms with E-state index < -0.39 is 20.5 Å². The largest absolute Gasteiger partial charge is 0.378 e. The molecule has 180 valence electrons. The number of nitrogens with zero attached hydrogens (tertiary/aromatic N) is 3. The third kappa shape index (κ3) is 6.73. The van der Waals surface area contributed by atoms with Gasteiger partial charge in [0, 0.05) is 50.4 Å². The van der Waals surface area contributed by atoms with Gasteiger partial charge in [0.1, 0.15) is 5.69 Å². The summed E-state index contributed by atoms with van der Waals surface area (Å²) in [4.78, 5) is 15.7. The maximum atomic E-state index is 12.6. The summed E-state index contributed by atoms with van der Waals surface area (Å²) in [5.74, 6) is 0. The van der Waals surface area contributed by atoms with Crippen LogP contribution < -0.4 is 10.0 Å². The summed E-state index contributed by atoms with van der Waals surface area (Å²) in [6.45, 7) is 9.13. The first-order valence-electron chi connectivity index (χ1n) is 11.0. The first kappa shape index (κ1) is 25.1. The number of benzene rings is 2. The van der Waals surface area contributed by atoms with Gasteiger partial charge in [0.25, 0.3) is 5.69 Å². The molecule has 2 N–H and O–H groups in total. The molecule has 9 nitrogen and oxygen atoms in total. The summed E-state index contributed by atoms with van der Waals surface area (Å²) in [5, 5.41) is 14.8. The van der Waals surface area contributed by atoms with Crippen LogP contribution >= 0.6 is 0 Å². The normalized spacial score (nSPS) is 18.2. The number of rotatable bonds is 8. The highest BCUT2D eigenvalue weighted by atomic mass is 32.2. The molecule has 1 saturated heterocycles. The van der Waals surface area contributed by atoms with Gasteiger partial charge in [-0.25, -0.2) is 13.1 Å². The zero-order chi connectivity index (χ0) is 24.2. The van der Waals surface area contributed by atoms with Crippen LogP contribution in [0, 0.1) is 10.1 Å². The number of likely N-dealkylation sites (N-methyl/N-ethyl adjacent to an activating group) is 1. The van der Waals surface area contributed by atoms with E-state index in [1.165, 1.54) is 17.7 Å². The molecule has 0 aliphatic carbocycles. The molecule has 0 aromatic heterocycles. The molecular formula is C23H33N5O4S. The first-order valence-corrected chi connectivity index (χ1v) is 12.5. The number of sulfonamides is 1. The maximum Gasteiger partial charge on any atom is 0.293 e. The Hall–Kier alpha value is -2.53. The Bertz CT molecular complexity index is 1070. The number of nitro groups is 1. The van der Waals surface area contributed by atoms with E-state index in [2.05, 4.69) is 39.0 Å². The van der Waals surface area contributed by atoms with Crippen molar-refractivity contribution in [1.82, 2.24) is 14.5 Å². The molecule has 1 fully saturated rings. The lowest BCUT2D eigenvalue weighted by Crippen LogP contribution is -2.48. The Labute approximate surface area is 196 Å². The van der Waals surface area contributed by atoms with Gasteiger partial charge in [-0.3, -0.25) is 15.0 Å². The molecule has 1 aliphatic heterocycles. The van der Waals surface area contributed by atoms with Crippen LogP contribution in [-0.4, -0.2) is 68.5 Å². The number of nitro benzene ring substituents is 1. The van der Waals surface area contributed by atoms with Gasteiger partial charge in [-0.15, -0.1) is 0 Å². The lowest BCUT2D eigenvalue weighted by Gasteiger charge is -2.40. The van der Waals surface area contributed by atoms with Crippen molar-refractivity contribution in [3.8, 4) is 0 Å². The van der Waals surface area contributed by atoms with Crippen molar-refractivity contribution in [2.75, 3.05) is 45.1 Å². The van der Waals surface area contributed by atoms with E-state index in [1.54, 1.807) is 20.8 Å². The second-order valence-electron chi connectivity index (χ2n) is 9.44. The molecule has 0 bridgehead atoms. The standard InChI is InChI=1S/C23H33N5O4S/c1-23(2,3)25-33(31,32)19-10-11-20(21(16-19)28(29)30)24-12-13-27-15-14-26(4)17-22(27)18-8-6-5-7-9-18/h5-11,16,22,24-25H,12-15,17H2,1-4H3/t22-/m0/s1. The second-order valence-corrected chi connectivity index (χ2v) is 11.1. The molecular weight excluding hydrogens is 442 g/mol. The topological polar surface area (TPSA) is 108 Å². The molecule has 33 heavy (non-hydrogen) atoms. The van der Waals surface area contributed by atoms with Crippen molar-refractivity contribution in [3.63, 3.8) is 0 Å². The Morgan fingerprint density at radius 3 is 2.45 bits per heavy atom. The molecule has 3 rings (SSSR count). The highest BCUT2D eigenvalue weighted by Crippen LogP contribution is 2.29. The van der Waals surface area contributed by atoms with E-state index in [9.17, 15) is 18.5 Å². The summed E-state index contributed by atoms with van der Waals surface area (Å²) < 4.78 is 27.7. The molecule has 1 atom stereocenters. The minimum atomic E-state index is -3.87. The van der Waals surface area contributed by atoms with Gasteiger partial charge in [0.15, 0.2) is 0 Å². The summed E-state index contributed by atoms with van der Waals surface area (Å²) in [7, 11) is -1.76. The van der Waals surface area contributed by atoms with Crippen molar-refractivity contribution < 1.29 is 13.3 Å². The molecule has 0 amide bonds. The summed E-state index contributed by atoms with van der Waals surface area (Å²) in [5.41, 5.74) is 0.600. The van der Waals surface area contributed by atoms with E-state index >= 15 is 0 Å². The number of hydrogen-bond acceptors (Lipinski definition) is 7. The van der Waals surface area contributed by atoms with Crippen LogP contribution in [0.2, 0.25) is 0 Å². The molecule has 2 aromatic carbocycles. The zero-order valence-electron chi connectivity index (χ0n) is 19.6. The van der Waals surface area contributed by atoms with Crippen LogP contribution in [0.25, 0.3) is 0 Å². The highest BCUT2D eigenvalue weighted by Gasteiger charge is 2.27. The van der Waals surface area contributed by atoms with Crippen molar-refractivity contribution in [1.29, 1.82) is 0 Å². The molecule has 0 unspecified atom stereocenters. The summed E-state index contributed by atoms with van der Waals surface area (Å²) in [6, 6.07) is 14.5. The SMILES string of the molecule is CN1CCN(CCNc2ccc(S(=O)(=O)NC(C)(C)C)cc2[N+](=O)[O-])[C@H](c2ccccc2)C1. The van der Waals surface area contributed by atoms with Crippen LogP contribution in [0.3, 0.4) is 0 Å².